The van der Waals surface area contributed by atoms with Crippen LogP contribution in [-0.2, 0) is 4.74 Å². The first-order valence-electron chi connectivity index (χ1n) is 11.8. The second-order valence-corrected chi connectivity index (χ2v) is 10.6. The lowest BCUT2D eigenvalue weighted by Gasteiger charge is -2.19. The Morgan fingerprint density at radius 1 is 1.03 bits per heavy atom. The van der Waals surface area contributed by atoms with E-state index in [1.165, 1.54) is 24.4 Å². The fourth-order valence-electron chi connectivity index (χ4n) is 4.05. The minimum atomic E-state index is -0.669. The van der Waals surface area contributed by atoms with E-state index in [0.29, 0.717) is 22.7 Å². The average molecular weight is 517 g/mol. The molecule has 0 aliphatic carbocycles. The van der Waals surface area contributed by atoms with Crippen molar-refractivity contribution in [2.45, 2.75) is 38.2 Å². The fraction of sp³-hybridized carbons (Fsp3) is 0.250. The maximum Gasteiger partial charge on any atom is 0.419 e. The number of hydrogen-bond donors (Lipinski definition) is 0. The molecular weight excluding hydrogens is 488 g/mol. The van der Waals surface area contributed by atoms with Gasteiger partial charge in [0.05, 0.1) is 25.4 Å². The van der Waals surface area contributed by atoms with Crippen molar-refractivity contribution in [3.63, 3.8) is 0 Å². The monoisotopic (exact) mass is 516 g/mol. The number of nitrogens with zero attached hydrogens (tertiary/aromatic N) is 4. The molecule has 4 heterocycles. The van der Waals surface area contributed by atoms with Crippen LogP contribution in [0, 0.1) is 6.92 Å². The number of rotatable bonds is 5. The predicted octanol–water partition coefficient (Wildman–Crippen LogP) is 6.72. The van der Waals surface area contributed by atoms with Crippen LogP contribution in [0.4, 0.5) is 4.79 Å². The second kappa shape index (κ2) is 9.48. The van der Waals surface area contributed by atoms with Crippen LogP contribution in [-0.4, -0.2) is 44.4 Å². The van der Waals surface area contributed by atoms with E-state index in [-0.39, 0.29) is 0 Å². The number of hydrogen-bond acceptors (Lipinski definition) is 7. The number of pyridine rings is 2. The van der Waals surface area contributed by atoms with Crippen molar-refractivity contribution in [3.05, 3.63) is 66.5 Å². The van der Waals surface area contributed by atoms with Crippen LogP contribution in [0.1, 0.15) is 26.3 Å². The number of carbonyl (C=O) groups is 1. The molecule has 9 heteroatoms. The second-order valence-electron chi connectivity index (χ2n) is 9.61. The maximum atomic E-state index is 13.3. The summed E-state index contributed by atoms with van der Waals surface area (Å²) in [6.45, 7) is 7.56. The molecule has 4 aromatic heterocycles. The van der Waals surface area contributed by atoms with Gasteiger partial charge in [-0.15, -0.1) is 0 Å². The van der Waals surface area contributed by atoms with Crippen LogP contribution >= 0.6 is 11.9 Å². The molecule has 1 aromatic carbocycles. The molecule has 0 bridgehead atoms. The van der Waals surface area contributed by atoms with Gasteiger partial charge in [-0.05, 0) is 70.0 Å². The van der Waals surface area contributed by atoms with Crippen LogP contribution in [0.2, 0.25) is 0 Å². The Kier molecular flexibility index (Phi) is 6.33. The zero-order chi connectivity index (χ0) is 26.3. The minimum Gasteiger partial charge on any atom is -0.491 e. The van der Waals surface area contributed by atoms with Crippen LogP contribution < -0.4 is 9.47 Å². The van der Waals surface area contributed by atoms with Crippen LogP contribution in [0.25, 0.3) is 33.3 Å². The topological polar surface area (TPSA) is 80.4 Å². The number of ether oxygens (including phenoxy) is 3. The molecule has 0 radical (unpaired) electrons. The largest absolute Gasteiger partial charge is 0.491 e. The molecule has 0 unspecified atom stereocenters. The first-order valence-corrected chi connectivity index (χ1v) is 12.5. The van der Waals surface area contributed by atoms with Crippen molar-refractivity contribution < 1.29 is 19.0 Å². The van der Waals surface area contributed by atoms with Crippen molar-refractivity contribution in [2.75, 3.05) is 14.2 Å². The number of benzene rings is 1. The first kappa shape index (κ1) is 24.7. The van der Waals surface area contributed by atoms with Gasteiger partial charge in [0.15, 0.2) is 11.4 Å². The summed E-state index contributed by atoms with van der Waals surface area (Å²) in [5, 5.41) is 0.968. The van der Waals surface area contributed by atoms with E-state index in [2.05, 4.69) is 46.2 Å². The molecule has 190 valence electrons. The summed E-state index contributed by atoms with van der Waals surface area (Å²) in [6, 6.07) is 16.0. The molecule has 0 fully saturated rings. The smallest absolute Gasteiger partial charge is 0.419 e. The molecule has 0 aliphatic heterocycles. The number of fused-ring (bicyclic) bond motifs is 2. The SMILES string of the molecule is COc1cc2c(nc1OC)c(-c1cc3cccnc3n1Sc1ccc(C)cc1)cn2C(=O)OC(C)(C)C. The molecular formula is C28H28N4O4S. The number of carbonyl (C=O) groups excluding carboxylic acids is 1. The summed E-state index contributed by atoms with van der Waals surface area (Å²) in [5.74, 6) is 0.742. The maximum absolute atomic E-state index is 13.3. The van der Waals surface area contributed by atoms with Gasteiger partial charge in [0, 0.05) is 34.3 Å². The number of aryl methyl sites for hydroxylation is 1. The summed E-state index contributed by atoms with van der Waals surface area (Å²) in [7, 11) is 3.07. The standard InChI is InChI=1S/C28H28N4O4S/c1-17-9-11-19(12-10-17)37-32-21(14-18-8-7-13-29-25(18)32)20-16-31(27(33)36-28(2,3)4)22-15-23(34-5)26(35-6)30-24(20)22/h7-16H,1-6H3. The minimum absolute atomic E-state index is 0.324. The van der Waals surface area contributed by atoms with Gasteiger partial charge in [-0.2, -0.15) is 0 Å². The molecule has 5 rings (SSSR count). The summed E-state index contributed by atoms with van der Waals surface area (Å²) >= 11 is 1.55. The Balaban J connectivity index is 1.77. The lowest BCUT2D eigenvalue weighted by molar-refractivity contribution is 0.0544. The highest BCUT2D eigenvalue weighted by Gasteiger charge is 2.26. The van der Waals surface area contributed by atoms with Crippen LogP contribution in [0.3, 0.4) is 0 Å². The van der Waals surface area contributed by atoms with E-state index >= 15 is 0 Å². The number of methoxy groups -OCH3 is 2. The Bertz CT molecular complexity index is 1610. The first-order chi connectivity index (χ1) is 17.7. The third-order valence-corrected chi connectivity index (χ3v) is 6.76. The highest BCUT2D eigenvalue weighted by atomic mass is 32.2. The Hall–Kier alpha value is -3.98. The summed E-state index contributed by atoms with van der Waals surface area (Å²) in [5.41, 5.74) is 4.03. The Morgan fingerprint density at radius 3 is 2.46 bits per heavy atom. The van der Waals surface area contributed by atoms with Crippen molar-refractivity contribution in [1.82, 2.24) is 18.5 Å². The van der Waals surface area contributed by atoms with Crippen molar-refractivity contribution in [2.24, 2.45) is 0 Å². The van der Waals surface area contributed by atoms with Crippen molar-refractivity contribution in [1.29, 1.82) is 0 Å². The van der Waals surface area contributed by atoms with E-state index in [1.807, 2.05) is 32.9 Å². The zero-order valence-corrected chi connectivity index (χ0v) is 22.4. The summed E-state index contributed by atoms with van der Waals surface area (Å²) in [6.07, 6.45) is 3.02. The molecule has 0 N–H and O–H groups in total. The lowest BCUT2D eigenvalue weighted by Crippen LogP contribution is -2.26. The van der Waals surface area contributed by atoms with E-state index in [4.69, 9.17) is 19.2 Å². The summed E-state index contributed by atoms with van der Waals surface area (Å²) in [4.78, 5) is 23.7. The molecule has 0 saturated carbocycles. The van der Waals surface area contributed by atoms with E-state index in [0.717, 1.165) is 27.2 Å². The van der Waals surface area contributed by atoms with Gasteiger partial charge in [-0.1, -0.05) is 17.7 Å². The molecule has 0 atom stereocenters. The van der Waals surface area contributed by atoms with Gasteiger partial charge < -0.3 is 14.2 Å². The van der Waals surface area contributed by atoms with E-state index in [1.54, 1.807) is 30.4 Å². The molecule has 0 aliphatic rings. The highest BCUT2D eigenvalue weighted by Crippen LogP contribution is 2.40. The third-order valence-electron chi connectivity index (χ3n) is 5.72. The van der Waals surface area contributed by atoms with Crippen LogP contribution in [0.15, 0.2) is 65.8 Å². The average Bonchev–Trinajstić information content (AvgIpc) is 3.41. The predicted molar refractivity (Wildman–Crippen MR) is 146 cm³/mol. The van der Waals surface area contributed by atoms with Gasteiger partial charge >= 0.3 is 6.09 Å². The quantitative estimate of drug-likeness (QED) is 0.257. The third kappa shape index (κ3) is 4.74. The zero-order valence-electron chi connectivity index (χ0n) is 21.6. The molecule has 0 saturated heterocycles. The molecule has 37 heavy (non-hydrogen) atoms. The van der Waals surface area contributed by atoms with Gasteiger partial charge in [0.1, 0.15) is 11.1 Å². The van der Waals surface area contributed by atoms with Gasteiger partial charge in [0.25, 0.3) is 5.88 Å². The van der Waals surface area contributed by atoms with Gasteiger partial charge in [-0.25, -0.2) is 14.8 Å². The van der Waals surface area contributed by atoms with Crippen molar-refractivity contribution >= 4 is 40.1 Å². The fourth-order valence-corrected chi connectivity index (χ4v) is 5.00. The van der Waals surface area contributed by atoms with Gasteiger partial charge in [0.2, 0.25) is 0 Å². The molecule has 0 spiro atoms. The van der Waals surface area contributed by atoms with Crippen molar-refractivity contribution in [3.8, 4) is 22.9 Å². The summed E-state index contributed by atoms with van der Waals surface area (Å²) < 4.78 is 20.2. The van der Waals surface area contributed by atoms with E-state index in [9.17, 15) is 4.79 Å². The lowest BCUT2D eigenvalue weighted by atomic mass is 10.2. The van der Waals surface area contributed by atoms with E-state index < -0.39 is 11.7 Å². The number of aromatic nitrogens is 4. The highest BCUT2D eigenvalue weighted by molar-refractivity contribution is 7.98. The van der Waals surface area contributed by atoms with Crippen LogP contribution in [0.5, 0.6) is 11.6 Å². The van der Waals surface area contributed by atoms with Gasteiger partial charge in [-0.3, -0.25) is 8.54 Å². The molecule has 0 amide bonds. The molecule has 5 aromatic rings. The normalized spacial score (nSPS) is 11.7. The Labute approximate surface area is 219 Å². The molecule has 8 nitrogen and oxygen atoms in total. The Morgan fingerprint density at radius 2 is 1.78 bits per heavy atom.